The smallest absolute Gasteiger partial charge is 0.335 e. The van der Waals surface area contributed by atoms with Crippen molar-refractivity contribution in [1.82, 2.24) is 4.98 Å². The van der Waals surface area contributed by atoms with Gasteiger partial charge in [-0.3, -0.25) is 4.72 Å². The highest BCUT2D eigenvalue weighted by Gasteiger charge is 2.20. The monoisotopic (exact) mass is 456 g/mol. The Morgan fingerprint density at radius 2 is 1.87 bits per heavy atom. The zero-order chi connectivity index (χ0) is 22.6. The number of ether oxygens (including phenoxy) is 1. The van der Waals surface area contributed by atoms with E-state index in [9.17, 15) is 13.2 Å². The molecule has 3 aromatic rings. The number of carbonyl (C=O) groups is 1. The van der Waals surface area contributed by atoms with Crippen molar-refractivity contribution in [3.8, 4) is 17.6 Å². The molecule has 0 saturated carbocycles. The number of methoxy groups -OCH3 is 1. The van der Waals surface area contributed by atoms with Gasteiger partial charge in [0, 0.05) is 10.9 Å². The van der Waals surface area contributed by atoms with Crippen LogP contribution in [0.3, 0.4) is 0 Å². The maximum atomic E-state index is 12.7. The molecule has 31 heavy (non-hydrogen) atoms. The molecule has 9 heteroatoms. The first-order valence-electron chi connectivity index (χ1n) is 9.21. The van der Waals surface area contributed by atoms with Gasteiger partial charge in [-0.15, -0.1) is 11.3 Å². The number of carboxylic acids is 1. The van der Waals surface area contributed by atoms with Crippen molar-refractivity contribution in [2.45, 2.75) is 24.8 Å². The van der Waals surface area contributed by atoms with Gasteiger partial charge in [-0.1, -0.05) is 31.9 Å². The summed E-state index contributed by atoms with van der Waals surface area (Å²) < 4.78 is 32.9. The van der Waals surface area contributed by atoms with Crippen LogP contribution in [0.2, 0.25) is 0 Å². The van der Waals surface area contributed by atoms with Crippen LogP contribution >= 0.6 is 11.3 Å². The number of aromatic nitrogens is 1. The van der Waals surface area contributed by atoms with Crippen LogP contribution in [0.4, 0.5) is 5.69 Å². The Morgan fingerprint density at radius 3 is 2.48 bits per heavy atom. The number of benzene rings is 2. The molecule has 0 bridgehead atoms. The molecule has 0 unspecified atom stereocenters. The van der Waals surface area contributed by atoms with Crippen molar-refractivity contribution in [3.63, 3.8) is 0 Å². The van der Waals surface area contributed by atoms with Gasteiger partial charge >= 0.3 is 5.97 Å². The molecule has 0 fully saturated rings. The van der Waals surface area contributed by atoms with Crippen molar-refractivity contribution in [2.75, 3.05) is 11.8 Å². The van der Waals surface area contributed by atoms with E-state index in [0.29, 0.717) is 10.9 Å². The lowest BCUT2D eigenvalue weighted by molar-refractivity contribution is 0.0696. The minimum Gasteiger partial charge on any atom is -0.495 e. The first kappa shape index (κ1) is 22.3. The average molecular weight is 457 g/mol. The molecule has 2 aromatic carbocycles. The van der Waals surface area contributed by atoms with Crippen LogP contribution in [0.15, 0.2) is 52.9 Å². The highest BCUT2D eigenvalue weighted by molar-refractivity contribution is 7.92. The summed E-state index contributed by atoms with van der Waals surface area (Å²) in [4.78, 5) is 15.2. The highest BCUT2D eigenvalue weighted by atomic mass is 32.2. The van der Waals surface area contributed by atoms with Crippen LogP contribution < -0.4 is 9.46 Å². The number of hydrogen-bond acceptors (Lipinski definition) is 6. The van der Waals surface area contributed by atoms with Gasteiger partial charge < -0.3 is 9.84 Å². The van der Waals surface area contributed by atoms with Gasteiger partial charge in [0.25, 0.3) is 10.0 Å². The van der Waals surface area contributed by atoms with Crippen molar-refractivity contribution in [2.24, 2.45) is 0 Å². The fourth-order valence-electron chi connectivity index (χ4n) is 2.62. The SMILES string of the molecule is COc1cc(C(=O)O)ccc1NS(=O)(=O)c1csc(C#Cc2ccc(C(C)C)cc2)n1. The molecule has 0 aliphatic heterocycles. The molecule has 3 rings (SSSR count). The van der Waals surface area contributed by atoms with Crippen molar-refractivity contribution in [3.05, 3.63) is 69.5 Å². The first-order valence-corrected chi connectivity index (χ1v) is 11.6. The van der Waals surface area contributed by atoms with Crippen molar-refractivity contribution >= 4 is 33.0 Å². The van der Waals surface area contributed by atoms with E-state index in [1.54, 1.807) is 0 Å². The van der Waals surface area contributed by atoms with Gasteiger partial charge in [0.15, 0.2) is 10.0 Å². The van der Waals surface area contributed by atoms with E-state index in [2.05, 4.69) is 35.4 Å². The Balaban J connectivity index is 1.80. The van der Waals surface area contributed by atoms with Crippen LogP contribution in [-0.4, -0.2) is 31.6 Å². The highest BCUT2D eigenvalue weighted by Crippen LogP contribution is 2.28. The predicted molar refractivity (Wildman–Crippen MR) is 119 cm³/mol. The molecule has 0 amide bonds. The first-order chi connectivity index (χ1) is 14.7. The number of nitrogens with zero attached hydrogens (tertiary/aromatic N) is 1. The van der Waals surface area contributed by atoms with Crippen LogP contribution in [0.25, 0.3) is 0 Å². The lowest BCUT2D eigenvalue weighted by Gasteiger charge is -2.11. The van der Waals surface area contributed by atoms with Crippen LogP contribution in [0.1, 0.15) is 46.3 Å². The molecule has 0 saturated heterocycles. The molecule has 0 aliphatic rings. The van der Waals surface area contributed by atoms with E-state index in [1.165, 1.54) is 36.3 Å². The Hall–Kier alpha value is -3.35. The third-order valence-corrected chi connectivity index (χ3v) is 6.50. The quantitative estimate of drug-likeness (QED) is 0.539. The third kappa shape index (κ3) is 5.42. The Labute approximate surface area is 184 Å². The lowest BCUT2D eigenvalue weighted by atomic mass is 10.0. The lowest BCUT2D eigenvalue weighted by Crippen LogP contribution is -2.14. The molecule has 0 atom stereocenters. The number of anilines is 1. The fourth-order valence-corrected chi connectivity index (χ4v) is 4.63. The Morgan fingerprint density at radius 1 is 1.16 bits per heavy atom. The molecule has 0 radical (unpaired) electrons. The van der Waals surface area contributed by atoms with E-state index in [-0.39, 0.29) is 22.0 Å². The summed E-state index contributed by atoms with van der Waals surface area (Å²) in [5.74, 6) is 5.24. The van der Waals surface area contributed by atoms with Crippen LogP contribution in [0, 0.1) is 11.8 Å². The number of aromatic carboxylic acids is 1. The van der Waals surface area contributed by atoms with Crippen LogP contribution in [0.5, 0.6) is 5.75 Å². The van der Waals surface area contributed by atoms with Gasteiger partial charge in [0.1, 0.15) is 5.75 Å². The minimum atomic E-state index is -4.00. The number of hydrogen-bond donors (Lipinski definition) is 2. The molecular weight excluding hydrogens is 436 g/mol. The molecule has 7 nitrogen and oxygen atoms in total. The number of sulfonamides is 1. The minimum absolute atomic E-state index is 0.0209. The third-order valence-electron chi connectivity index (χ3n) is 4.34. The van der Waals surface area contributed by atoms with Gasteiger partial charge in [-0.25, -0.2) is 9.78 Å². The number of nitrogens with one attached hydrogen (secondary N) is 1. The number of thiazole rings is 1. The molecule has 160 valence electrons. The Bertz CT molecular complexity index is 1270. The fraction of sp³-hybridized carbons (Fsp3) is 0.182. The zero-order valence-electron chi connectivity index (χ0n) is 17.0. The summed E-state index contributed by atoms with van der Waals surface area (Å²) >= 11 is 1.12. The predicted octanol–water partition coefficient (Wildman–Crippen LogP) is 4.17. The topological polar surface area (TPSA) is 106 Å². The Kier molecular flexibility index (Phi) is 6.63. The maximum absolute atomic E-state index is 12.7. The second-order valence-electron chi connectivity index (χ2n) is 6.84. The van der Waals surface area contributed by atoms with Crippen molar-refractivity contribution < 1.29 is 23.1 Å². The van der Waals surface area contributed by atoms with E-state index < -0.39 is 16.0 Å². The number of carboxylic acid groups (broad SMARTS) is 1. The maximum Gasteiger partial charge on any atom is 0.335 e. The van der Waals surface area contributed by atoms with Gasteiger partial charge in [0.05, 0.1) is 18.4 Å². The molecular formula is C22H20N2O5S2. The van der Waals surface area contributed by atoms with E-state index in [1.807, 2.05) is 24.3 Å². The van der Waals surface area contributed by atoms with Gasteiger partial charge in [0.2, 0.25) is 0 Å². The second-order valence-corrected chi connectivity index (χ2v) is 9.33. The summed E-state index contributed by atoms with van der Waals surface area (Å²) in [6.07, 6.45) is 0. The molecule has 1 aromatic heterocycles. The summed E-state index contributed by atoms with van der Waals surface area (Å²) in [5.41, 5.74) is 2.11. The average Bonchev–Trinajstić information content (AvgIpc) is 3.22. The van der Waals surface area contributed by atoms with E-state index >= 15 is 0 Å². The summed E-state index contributed by atoms with van der Waals surface area (Å²) in [6.45, 7) is 4.23. The molecule has 0 aliphatic carbocycles. The summed E-state index contributed by atoms with van der Waals surface area (Å²) in [6, 6.07) is 11.7. The summed E-state index contributed by atoms with van der Waals surface area (Å²) in [5, 5.41) is 10.6. The molecule has 0 spiro atoms. The second kappa shape index (κ2) is 9.20. The molecule has 2 N–H and O–H groups in total. The largest absolute Gasteiger partial charge is 0.495 e. The van der Waals surface area contributed by atoms with E-state index in [0.717, 1.165) is 16.9 Å². The van der Waals surface area contributed by atoms with Gasteiger partial charge in [-0.05, 0) is 47.7 Å². The summed E-state index contributed by atoms with van der Waals surface area (Å²) in [7, 11) is -2.68. The zero-order valence-corrected chi connectivity index (χ0v) is 18.7. The van der Waals surface area contributed by atoms with Crippen molar-refractivity contribution in [1.29, 1.82) is 0 Å². The normalized spacial score (nSPS) is 11.0. The number of rotatable bonds is 6. The van der Waals surface area contributed by atoms with E-state index in [4.69, 9.17) is 9.84 Å². The van der Waals surface area contributed by atoms with Crippen LogP contribution in [-0.2, 0) is 10.0 Å². The molecule has 1 heterocycles. The van der Waals surface area contributed by atoms with Gasteiger partial charge in [-0.2, -0.15) is 8.42 Å². The standard InChI is InChI=1S/C22H20N2O5S2/c1-14(2)16-7-4-15(5-8-16)6-11-20-23-21(13-30-20)31(27,28)24-18-10-9-17(22(25)26)12-19(18)29-3/h4-5,7-10,12-14,24H,1-3H3,(H,25,26).